The van der Waals surface area contributed by atoms with Crippen LogP contribution in [0.5, 0.6) is 5.75 Å². The average Bonchev–Trinajstić information content (AvgIpc) is 2.39. The molecule has 106 valence electrons. The van der Waals surface area contributed by atoms with E-state index < -0.39 is 6.04 Å². The van der Waals surface area contributed by atoms with Crippen LogP contribution in [0, 0.1) is 0 Å². The number of nitrogens with two attached hydrogens (primary N) is 1. The minimum atomic E-state index is -0.502. The summed E-state index contributed by atoms with van der Waals surface area (Å²) in [7, 11) is 0. The molecule has 0 fully saturated rings. The number of halogens is 1. The van der Waals surface area contributed by atoms with Crippen LogP contribution in [-0.2, 0) is 4.79 Å². The Hall–Kier alpha value is -0.910. The second-order valence-corrected chi connectivity index (χ2v) is 5.35. The Morgan fingerprint density at radius 1 is 1.58 bits per heavy atom. The summed E-state index contributed by atoms with van der Waals surface area (Å²) in [5.41, 5.74) is 6.41. The van der Waals surface area contributed by atoms with Crippen molar-refractivity contribution < 1.29 is 9.53 Å². The third kappa shape index (κ3) is 5.30. The Morgan fingerprint density at radius 2 is 2.32 bits per heavy atom. The molecule has 3 N–H and O–H groups in total. The van der Waals surface area contributed by atoms with Gasteiger partial charge in [0.05, 0.1) is 17.7 Å². The molecule has 1 rings (SSSR count). The Labute approximate surface area is 123 Å². The summed E-state index contributed by atoms with van der Waals surface area (Å²) in [5.74, 6) is 1.27. The van der Waals surface area contributed by atoms with Gasteiger partial charge in [0.15, 0.2) is 0 Å². The minimum Gasteiger partial charge on any atom is -0.492 e. The molecule has 1 aromatic rings. The second kappa shape index (κ2) is 8.30. The van der Waals surface area contributed by atoms with E-state index in [1.54, 1.807) is 30.0 Å². The lowest BCUT2D eigenvalue weighted by molar-refractivity contribution is -0.117. The van der Waals surface area contributed by atoms with E-state index in [0.717, 1.165) is 5.75 Å². The van der Waals surface area contributed by atoms with Gasteiger partial charge in [-0.25, -0.2) is 0 Å². The molecule has 19 heavy (non-hydrogen) atoms. The first-order valence-electron chi connectivity index (χ1n) is 6.06. The summed E-state index contributed by atoms with van der Waals surface area (Å²) >= 11 is 7.71. The molecule has 0 heterocycles. The van der Waals surface area contributed by atoms with Gasteiger partial charge in [0, 0.05) is 5.69 Å². The van der Waals surface area contributed by atoms with E-state index in [0.29, 0.717) is 29.5 Å². The first-order chi connectivity index (χ1) is 9.08. The Bertz CT molecular complexity index is 429. The first kappa shape index (κ1) is 16.1. The van der Waals surface area contributed by atoms with E-state index in [1.165, 1.54) is 0 Å². The fourth-order valence-electron chi connectivity index (χ4n) is 1.46. The van der Waals surface area contributed by atoms with Crippen molar-refractivity contribution in [1.29, 1.82) is 0 Å². The molecule has 1 aromatic carbocycles. The van der Waals surface area contributed by atoms with Crippen LogP contribution in [0.15, 0.2) is 18.2 Å². The standard InChI is InChI=1S/C13H19ClN2O2S/c1-3-18-12-5-4-9(8-10(12)14)16-13(17)11(15)6-7-19-2/h4-5,8,11H,3,6-7,15H2,1-2H3,(H,16,17)/t11-/m0/s1. The molecule has 0 aromatic heterocycles. The van der Waals surface area contributed by atoms with Crippen LogP contribution in [0.3, 0.4) is 0 Å². The zero-order valence-corrected chi connectivity index (χ0v) is 12.7. The van der Waals surface area contributed by atoms with E-state index in [1.807, 2.05) is 13.2 Å². The number of nitrogens with one attached hydrogen (secondary N) is 1. The molecule has 0 radical (unpaired) electrons. The molecule has 0 bridgehead atoms. The summed E-state index contributed by atoms with van der Waals surface area (Å²) in [6.07, 6.45) is 2.63. The first-order valence-corrected chi connectivity index (χ1v) is 7.83. The Morgan fingerprint density at radius 3 is 2.89 bits per heavy atom. The maximum atomic E-state index is 11.8. The van der Waals surface area contributed by atoms with Crippen LogP contribution in [0.2, 0.25) is 5.02 Å². The van der Waals surface area contributed by atoms with Crippen molar-refractivity contribution in [2.75, 3.05) is 23.9 Å². The topological polar surface area (TPSA) is 64.3 Å². The molecule has 0 aliphatic rings. The summed E-state index contributed by atoms with van der Waals surface area (Å²) in [4.78, 5) is 11.8. The number of amides is 1. The highest BCUT2D eigenvalue weighted by Gasteiger charge is 2.13. The minimum absolute atomic E-state index is 0.200. The maximum Gasteiger partial charge on any atom is 0.241 e. The highest BCUT2D eigenvalue weighted by Crippen LogP contribution is 2.27. The number of ether oxygens (including phenoxy) is 1. The van der Waals surface area contributed by atoms with Gasteiger partial charge in [-0.15, -0.1) is 0 Å². The van der Waals surface area contributed by atoms with Gasteiger partial charge in [0.2, 0.25) is 5.91 Å². The van der Waals surface area contributed by atoms with E-state index in [2.05, 4.69) is 5.32 Å². The molecule has 0 aliphatic heterocycles. The van der Waals surface area contributed by atoms with Gasteiger partial charge >= 0.3 is 0 Å². The number of carbonyl (C=O) groups excluding carboxylic acids is 1. The number of anilines is 1. The summed E-state index contributed by atoms with van der Waals surface area (Å²) in [6, 6.07) is 4.63. The zero-order valence-electron chi connectivity index (χ0n) is 11.1. The number of hydrogen-bond acceptors (Lipinski definition) is 4. The fourth-order valence-corrected chi connectivity index (χ4v) is 2.19. The highest BCUT2D eigenvalue weighted by molar-refractivity contribution is 7.98. The number of hydrogen-bond donors (Lipinski definition) is 2. The van der Waals surface area contributed by atoms with Gasteiger partial charge in [0.25, 0.3) is 0 Å². The molecular weight excluding hydrogens is 284 g/mol. The molecule has 1 atom stereocenters. The summed E-state index contributed by atoms with van der Waals surface area (Å²) < 4.78 is 5.33. The van der Waals surface area contributed by atoms with Gasteiger partial charge in [-0.1, -0.05) is 11.6 Å². The lowest BCUT2D eigenvalue weighted by atomic mass is 10.2. The van der Waals surface area contributed by atoms with Crippen LogP contribution in [0.4, 0.5) is 5.69 Å². The Kier molecular flexibility index (Phi) is 7.05. The largest absolute Gasteiger partial charge is 0.492 e. The van der Waals surface area contributed by atoms with E-state index in [4.69, 9.17) is 22.1 Å². The fraction of sp³-hybridized carbons (Fsp3) is 0.462. The molecule has 0 saturated heterocycles. The predicted molar refractivity (Wildman–Crippen MR) is 82.2 cm³/mol. The number of benzene rings is 1. The summed E-state index contributed by atoms with van der Waals surface area (Å²) in [5, 5.41) is 3.22. The number of rotatable bonds is 7. The van der Waals surface area contributed by atoms with Gasteiger partial charge < -0.3 is 15.8 Å². The van der Waals surface area contributed by atoms with Gasteiger partial charge in [-0.2, -0.15) is 11.8 Å². The van der Waals surface area contributed by atoms with Gasteiger partial charge in [0.1, 0.15) is 5.75 Å². The van der Waals surface area contributed by atoms with Crippen molar-refractivity contribution in [3.05, 3.63) is 23.2 Å². The summed E-state index contributed by atoms with van der Waals surface area (Å²) in [6.45, 7) is 2.43. The quantitative estimate of drug-likeness (QED) is 0.813. The van der Waals surface area contributed by atoms with Crippen molar-refractivity contribution in [3.8, 4) is 5.75 Å². The third-order valence-electron chi connectivity index (χ3n) is 2.47. The number of carbonyl (C=O) groups is 1. The van der Waals surface area contributed by atoms with Crippen LogP contribution in [0.25, 0.3) is 0 Å². The normalized spacial score (nSPS) is 12.0. The molecule has 6 heteroatoms. The van der Waals surface area contributed by atoms with Crippen LogP contribution in [-0.4, -0.2) is 30.6 Å². The zero-order chi connectivity index (χ0) is 14.3. The van der Waals surface area contributed by atoms with Crippen molar-refractivity contribution in [1.82, 2.24) is 0 Å². The van der Waals surface area contributed by atoms with Crippen LogP contribution >= 0.6 is 23.4 Å². The Balaban J connectivity index is 2.62. The van der Waals surface area contributed by atoms with Gasteiger partial charge in [-0.3, -0.25) is 4.79 Å². The third-order valence-corrected chi connectivity index (χ3v) is 3.41. The van der Waals surface area contributed by atoms with Crippen molar-refractivity contribution >= 4 is 35.0 Å². The van der Waals surface area contributed by atoms with E-state index in [9.17, 15) is 4.79 Å². The highest BCUT2D eigenvalue weighted by atomic mass is 35.5. The molecule has 0 saturated carbocycles. The predicted octanol–water partition coefficient (Wildman–Crippen LogP) is 2.76. The van der Waals surface area contributed by atoms with Crippen LogP contribution in [0.1, 0.15) is 13.3 Å². The van der Waals surface area contributed by atoms with Crippen molar-refractivity contribution in [2.45, 2.75) is 19.4 Å². The lowest BCUT2D eigenvalue weighted by Crippen LogP contribution is -2.36. The lowest BCUT2D eigenvalue weighted by Gasteiger charge is -2.13. The second-order valence-electron chi connectivity index (χ2n) is 3.96. The molecule has 0 aliphatic carbocycles. The monoisotopic (exact) mass is 302 g/mol. The maximum absolute atomic E-state index is 11.8. The van der Waals surface area contributed by atoms with E-state index >= 15 is 0 Å². The van der Waals surface area contributed by atoms with Crippen molar-refractivity contribution in [3.63, 3.8) is 0 Å². The van der Waals surface area contributed by atoms with Gasteiger partial charge in [-0.05, 0) is 43.6 Å². The van der Waals surface area contributed by atoms with E-state index in [-0.39, 0.29) is 5.91 Å². The molecule has 1 amide bonds. The number of thioether (sulfide) groups is 1. The molecular formula is C13H19ClN2O2S. The molecule has 4 nitrogen and oxygen atoms in total. The molecule has 0 unspecified atom stereocenters. The molecule has 0 spiro atoms. The SMILES string of the molecule is CCOc1ccc(NC(=O)[C@@H](N)CCSC)cc1Cl. The van der Waals surface area contributed by atoms with Crippen LogP contribution < -0.4 is 15.8 Å². The average molecular weight is 303 g/mol. The smallest absolute Gasteiger partial charge is 0.241 e. The van der Waals surface area contributed by atoms with Crippen molar-refractivity contribution in [2.24, 2.45) is 5.73 Å².